The number of hydrogen-bond acceptors (Lipinski definition) is 1. The minimum absolute atomic E-state index is 0.765. The van der Waals surface area contributed by atoms with Gasteiger partial charge < -0.3 is 0 Å². The van der Waals surface area contributed by atoms with Crippen molar-refractivity contribution >= 4 is 17.2 Å². The summed E-state index contributed by atoms with van der Waals surface area (Å²) < 4.78 is 16.0. The van der Waals surface area contributed by atoms with Gasteiger partial charge in [0.1, 0.15) is 0 Å². The lowest BCUT2D eigenvalue weighted by Crippen LogP contribution is -1.89. The first-order chi connectivity index (χ1) is 10.3. The van der Waals surface area contributed by atoms with E-state index in [4.69, 9.17) is 0 Å². The predicted octanol–water partition coefficient (Wildman–Crippen LogP) is 4.50. The van der Waals surface area contributed by atoms with Gasteiger partial charge in [0.05, 0.1) is 4.90 Å². The maximum Gasteiger partial charge on any atom is 0.172 e. The van der Waals surface area contributed by atoms with Crippen molar-refractivity contribution in [2.75, 3.05) is 0 Å². The summed E-state index contributed by atoms with van der Waals surface area (Å²) in [5.41, 5.74) is 2.54. The Labute approximate surface area is 129 Å². The molecule has 0 amide bonds. The van der Waals surface area contributed by atoms with E-state index in [1.165, 1.54) is 11.1 Å². The van der Waals surface area contributed by atoms with E-state index in [2.05, 4.69) is 28.7 Å². The lowest BCUT2D eigenvalue weighted by atomic mass is 10.1. The molecule has 0 aliphatic heterocycles. The molecule has 0 radical (unpaired) electrons. The fourth-order valence-electron chi connectivity index (χ4n) is 2.05. The summed E-state index contributed by atoms with van der Waals surface area (Å²) in [6.07, 6.45) is 5.97. The number of unbranched alkanes of at least 4 members (excludes halogenated alkanes) is 2. The van der Waals surface area contributed by atoms with E-state index in [9.17, 15) is 4.21 Å². The topological polar surface area (TPSA) is 29.4 Å². The van der Waals surface area contributed by atoms with Crippen molar-refractivity contribution in [2.24, 2.45) is 4.40 Å². The third kappa shape index (κ3) is 5.64. The molecule has 0 spiro atoms. The standard InChI is InChI=1S/C18H21NOS/c1-16-11-13-18(14-12-16)21(20)19-15-7-3-6-10-17-8-4-2-5-9-17/h2,4-5,8-9,11-15H,3,6-7,10H2,1H3/b19-15+/t21-/m0/s1. The molecule has 0 aliphatic rings. The molecule has 2 aromatic carbocycles. The summed E-state index contributed by atoms with van der Waals surface area (Å²) in [7, 11) is -1.26. The van der Waals surface area contributed by atoms with Gasteiger partial charge in [0.15, 0.2) is 11.0 Å². The molecule has 2 rings (SSSR count). The van der Waals surface area contributed by atoms with E-state index in [1.54, 1.807) is 6.21 Å². The molecule has 2 aromatic rings. The number of benzene rings is 2. The zero-order valence-electron chi connectivity index (χ0n) is 12.4. The van der Waals surface area contributed by atoms with E-state index in [0.717, 1.165) is 30.6 Å². The first-order valence-corrected chi connectivity index (χ1v) is 8.41. The Morgan fingerprint density at radius 1 is 1.00 bits per heavy atom. The molecule has 0 saturated carbocycles. The summed E-state index contributed by atoms with van der Waals surface area (Å²) in [6.45, 7) is 2.02. The normalized spacial score (nSPS) is 12.6. The quantitative estimate of drug-likeness (QED) is 0.546. The second kappa shape index (κ2) is 8.53. The van der Waals surface area contributed by atoms with Crippen LogP contribution in [0.1, 0.15) is 30.4 Å². The SMILES string of the molecule is Cc1ccc([S@](=O)/N=C/CCCCc2ccccc2)cc1. The summed E-state index contributed by atoms with van der Waals surface area (Å²) in [5.74, 6) is 0. The molecule has 2 nitrogen and oxygen atoms in total. The van der Waals surface area contributed by atoms with Gasteiger partial charge in [-0.3, -0.25) is 0 Å². The highest BCUT2D eigenvalue weighted by Crippen LogP contribution is 2.09. The zero-order chi connectivity index (χ0) is 14.9. The Kier molecular flexibility index (Phi) is 6.35. The van der Waals surface area contributed by atoms with Crippen molar-refractivity contribution in [3.05, 3.63) is 65.7 Å². The molecule has 0 unspecified atom stereocenters. The van der Waals surface area contributed by atoms with Gasteiger partial charge in [0, 0.05) is 6.21 Å². The predicted molar refractivity (Wildman–Crippen MR) is 90.1 cm³/mol. The molecule has 0 aromatic heterocycles. The van der Waals surface area contributed by atoms with E-state index in [1.807, 2.05) is 37.3 Å². The van der Waals surface area contributed by atoms with Crippen LogP contribution in [0.2, 0.25) is 0 Å². The maximum atomic E-state index is 11.9. The molecular weight excluding hydrogens is 278 g/mol. The molecule has 3 heteroatoms. The first-order valence-electron chi connectivity index (χ1n) is 7.31. The van der Waals surface area contributed by atoms with Crippen LogP contribution in [0.15, 0.2) is 63.9 Å². The van der Waals surface area contributed by atoms with Gasteiger partial charge in [-0.25, -0.2) is 4.21 Å². The largest absolute Gasteiger partial charge is 0.230 e. The lowest BCUT2D eigenvalue weighted by Gasteiger charge is -1.99. The monoisotopic (exact) mass is 299 g/mol. The van der Waals surface area contributed by atoms with Crippen LogP contribution in [0.3, 0.4) is 0 Å². The third-order valence-corrected chi connectivity index (χ3v) is 4.30. The molecule has 0 N–H and O–H groups in total. The highest BCUT2D eigenvalue weighted by Gasteiger charge is 1.99. The van der Waals surface area contributed by atoms with Crippen LogP contribution in [0.5, 0.6) is 0 Å². The molecule has 0 saturated heterocycles. The first kappa shape index (κ1) is 15.6. The van der Waals surface area contributed by atoms with Crippen molar-refractivity contribution in [2.45, 2.75) is 37.5 Å². The lowest BCUT2D eigenvalue weighted by molar-refractivity contribution is 0.684. The summed E-state index contributed by atoms with van der Waals surface area (Å²) in [5, 5.41) is 0. The van der Waals surface area contributed by atoms with Crippen LogP contribution in [-0.4, -0.2) is 10.4 Å². The smallest absolute Gasteiger partial charge is 0.172 e. The minimum Gasteiger partial charge on any atom is -0.230 e. The van der Waals surface area contributed by atoms with E-state index in [0.29, 0.717) is 0 Å². The van der Waals surface area contributed by atoms with Gasteiger partial charge >= 0.3 is 0 Å². The van der Waals surface area contributed by atoms with Crippen molar-refractivity contribution < 1.29 is 4.21 Å². The van der Waals surface area contributed by atoms with Gasteiger partial charge in [0.25, 0.3) is 0 Å². The summed E-state index contributed by atoms with van der Waals surface area (Å²) in [4.78, 5) is 0.765. The highest BCUT2D eigenvalue weighted by molar-refractivity contribution is 7.83. The number of hydrogen-bond donors (Lipinski definition) is 0. The Balaban J connectivity index is 1.68. The van der Waals surface area contributed by atoms with Crippen molar-refractivity contribution in [1.82, 2.24) is 0 Å². The highest BCUT2D eigenvalue weighted by atomic mass is 32.2. The van der Waals surface area contributed by atoms with Gasteiger partial charge in [-0.05, 0) is 50.3 Å². The second-order valence-electron chi connectivity index (χ2n) is 5.08. The minimum atomic E-state index is -1.26. The van der Waals surface area contributed by atoms with Gasteiger partial charge in [-0.1, -0.05) is 48.0 Å². The Bertz CT molecular complexity index is 590. The van der Waals surface area contributed by atoms with Crippen molar-refractivity contribution in [1.29, 1.82) is 0 Å². The molecule has 1 atom stereocenters. The zero-order valence-corrected chi connectivity index (χ0v) is 13.2. The molecule has 0 bridgehead atoms. The fraction of sp³-hybridized carbons (Fsp3) is 0.278. The Morgan fingerprint density at radius 2 is 1.71 bits per heavy atom. The molecule has 110 valence electrons. The molecule has 21 heavy (non-hydrogen) atoms. The summed E-state index contributed by atoms with van der Waals surface area (Å²) >= 11 is 0. The maximum absolute atomic E-state index is 11.9. The average Bonchev–Trinajstić information content (AvgIpc) is 2.52. The van der Waals surface area contributed by atoms with Crippen LogP contribution < -0.4 is 0 Å². The average molecular weight is 299 g/mol. The van der Waals surface area contributed by atoms with Gasteiger partial charge in [-0.2, -0.15) is 4.40 Å². The number of nitrogens with zero attached hydrogens (tertiary/aromatic N) is 1. The number of rotatable bonds is 7. The van der Waals surface area contributed by atoms with Gasteiger partial charge in [-0.15, -0.1) is 0 Å². The van der Waals surface area contributed by atoms with Crippen LogP contribution in [-0.2, 0) is 17.4 Å². The number of aryl methyl sites for hydroxylation is 2. The van der Waals surface area contributed by atoms with Crippen molar-refractivity contribution in [3.8, 4) is 0 Å². The molecule has 0 fully saturated rings. The summed E-state index contributed by atoms with van der Waals surface area (Å²) in [6, 6.07) is 18.2. The van der Waals surface area contributed by atoms with E-state index < -0.39 is 11.0 Å². The fourth-order valence-corrected chi connectivity index (χ4v) is 2.78. The van der Waals surface area contributed by atoms with Crippen LogP contribution in [0, 0.1) is 6.92 Å². The van der Waals surface area contributed by atoms with E-state index in [-0.39, 0.29) is 0 Å². The second-order valence-corrected chi connectivity index (χ2v) is 6.26. The van der Waals surface area contributed by atoms with Crippen LogP contribution in [0.25, 0.3) is 0 Å². The third-order valence-electron chi connectivity index (χ3n) is 3.28. The van der Waals surface area contributed by atoms with Crippen molar-refractivity contribution in [3.63, 3.8) is 0 Å². The molecular formula is C18H21NOS. The van der Waals surface area contributed by atoms with Crippen LogP contribution >= 0.6 is 0 Å². The van der Waals surface area contributed by atoms with E-state index >= 15 is 0 Å². The van der Waals surface area contributed by atoms with Crippen LogP contribution in [0.4, 0.5) is 0 Å². The molecule has 0 aliphatic carbocycles. The molecule has 0 heterocycles. The Hall–Kier alpha value is -1.74. The Morgan fingerprint density at radius 3 is 2.43 bits per heavy atom. The van der Waals surface area contributed by atoms with Gasteiger partial charge in [0.2, 0.25) is 0 Å².